The highest BCUT2D eigenvalue weighted by Crippen LogP contribution is 2.19. The summed E-state index contributed by atoms with van der Waals surface area (Å²) in [5.74, 6) is -0.883. The van der Waals surface area contributed by atoms with Gasteiger partial charge in [0.15, 0.2) is 0 Å². The summed E-state index contributed by atoms with van der Waals surface area (Å²) in [5, 5.41) is 16.7. The molecule has 0 radical (unpaired) electrons. The van der Waals surface area contributed by atoms with Gasteiger partial charge in [0.05, 0.1) is 6.20 Å². The third-order valence-electron chi connectivity index (χ3n) is 3.27. The SMILES string of the molecule is CCn1cc(C(C)NC(C(=O)O)c2ccccc2)cn1. The zero-order valence-electron chi connectivity index (χ0n) is 11.7. The normalized spacial score (nSPS) is 13.9. The molecule has 0 saturated carbocycles. The molecule has 0 saturated heterocycles. The topological polar surface area (TPSA) is 67.2 Å². The number of benzene rings is 1. The molecule has 2 atom stereocenters. The lowest BCUT2D eigenvalue weighted by molar-refractivity contribution is -0.139. The van der Waals surface area contributed by atoms with Gasteiger partial charge < -0.3 is 5.11 Å². The minimum Gasteiger partial charge on any atom is -0.480 e. The van der Waals surface area contributed by atoms with Crippen LogP contribution in [0.1, 0.15) is 37.1 Å². The van der Waals surface area contributed by atoms with Crippen molar-refractivity contribution in [2.24, 2.45) is 0 Å². The van der Waals surface area contributed by atoms with Gasteiger partial charge >= 0.3 is 5.97 Å². The molecular formula is C15H19N3O2. The Labute approximate surface area is 118 Å². The van der Waals surface area contributed by atoms with Crippen molar-refractivity contribution < 1.29 is 9.90 Å². The maximum atomic E-state index is 11.4. The molecule has 0 aliphatic carbocycles. The van der Waals surface area contributed by atoms with E-state index in [-0.39, 0.29) is 6.04 Å². The van der Waals surface area contributed by atoms with Crippen molar-refractivity contribution >= 4 is 5.97 Å². The summed E-state index contributed by atoms with van der Waals surface area (Å²) >= 11 is 0. The highest BCUT2D eigenvalue weighted by molar-refractivity contribution is 5.75. The predicted molar refractivity (Wildman–Crippen MR) is 76.3 cm³/mol. The zero-order valence-corrected chi connectivity index (χ0v) is 11.7. The Bertz CT molecular complexity index is 566. The van der Waals surface area contributed by atoms with Crippen molar-refractivity contribution in [1.29, 1.82) is 0 Å². The Hall–Kier alpha value is -2.14. The third-order valence-corrected chi connectivity index (χ3v) is 3.27. The summed E-state index contributed by atoms with van der Waals surface area (Å²) in [4.78, 5) is 11.4. The van der Waals surface area contributed by atoms with E-state index in [2.05, 4.69) is 10.4 Å². The maximum absolute atomic E-state index is 11.4. The van der Waals surface area contributed by atoms with Crippen LogP contribution in [-0.4, -0.2) is 20.9 Å². The minimum atomic E-state index is -0.883. The number of nitrogens with one attached hydrogen (secondary N) is 1. The minimum absolute atomic E-state index is 0.0865. The molecule has 1 aromatic carbocycles. The van der Waals surface area contributed by atoms with Gasteiger partial charge in [-0.25, -0.2) is 0 Å². The predicted octanol–water partition coefficient (Wildman–Crippen LogP) is 2.38. The second-order valence-corrected chi connectivity index (χ2v) is 4.70. The van der Waals surface area contributed by atoms with Crippen molar-refractivity contribution in [3.63, 3.8) is 0 Å². The van der Waals surface area contributed by atoms with Crippen molar-refractivity contribution in [1.82, 2.24) is 15.1 Å². The first-order chi connectivity index (χ1) is 9.61. The van der Waals surface area contributed by atoms with Gasteiger partial charge in [-0.1, -0.05) is 30.3 Å². The van der Waals surface area contributed by atoms with Gasteiger partial charge in [-0.05, 0) is 19.4 Å². The van der Waals surface area contributed by atoms with Crippen molar-refractivity contribution in [2.45, 2.75) is 32.5 Å². The van der Waals surface area contributed by atoms with Crippen LogP contribution in [0.15, 0.2) is 42.7 Å². The van der Waals surface area contributed by atoms with E-state index < -0.39 is 12.0 Å². The zero-order chi connectivity index (χ0) is 14.5. The monoisotopic (exact) mass is 273 g/mol. The molecule has 0 amide bonds. The number of carbonyl (C=O) groups is 1. The molecule has 20 heavy (non-hydrogen) atoms. The Morgan fingerprint density at radius 1 is 1.35 bits per heavy atom. The number of rotatable bonds is 6. The molecule has 2 N–H and O–H groups in total. The summed E-state index contributed by atoms with van der Waals surface area (Å²) in [6.45, 7) is 4.75. The molecule has 0 spiro atoms. The van der Waals surface area contributed by atoms with Crippen molar-refractivity contribution in [3.05, 3.63) is 53.9 Å². The summed E-state index contributed by atoms with van der Waals surface area (Å²) in [7, 11) is 0. The van der Waals surface area contributed by atoms with Crippen LogP contribution in [-0.2, 0) is 11.3 Å². The smallest absolute Gasteiger partial charge is 0.325 e. The number of carboxylic acids is 1. The molecule has 0 bridgehead atoms. The molecule has 2 unspecified atom stereocenters. The van der Waals surface area contributed by atoms with Crippen molar-refractivity contribution in [2.75, 3.05) is 0 Å². The number of nitrogens with zero attached hydrogens (tertiary/aromatic N) is 2. The van der Waals surface area contributed by atoms with Gasteiger partial charge in [-0.2, -0.15) is 5.10 Å². The van der Waals surface area contributed by atoms with E-state index in [4.69, 9.17) is 0 Å². The highest BCUT2D eigenvalue weighted by Gasteiger charge is 2.22. The lowest BCUT2D eigenvalue weighted by Gasteiger charge is -2.19. The van der Waals surface area contributed by atoms with E-state index >= 15 is 0 Å². The largest absolute Gasteiger partial charge is 0.480 e. The Kier molecular flexibility index (Phi) is 4.53. The molecule has 0 fully saturated rings. The number of aliphatic carboxylic acids is 1. The van der Waals surface area contributed by atoms with E-state index in [0.717, 1.165) is 17.7 Å². The molecule has 5 nitrogen and oxygen atoms in total. The van der Waals surface area contributed by atoms with Gasteiger partial charge in [0.2, 0.25) is 0 Å². The number of carboxylic acid groups (broad SMARTS) is 1. The summed E-state index contributed by atoms with van der Waals surface area (Å²) in [6.07, 6.45) is 3.70. The fraction of sp³-hybridized carbons (Fsp3) is 0.333. The van der Waals surface area contributed by atoms with Crippen LogP contribution < -0.4 is 5.32 Å². The molecule has 5 heteroatoms. The van der Waals surface area contributed by atoms with Gasteiger partial charge in [-0.3, -0.25) is 14.8 Å². The van der Waals surface area contributed by atoms with E-state index in [9.17, 15) is 9.90 Å². The molecule has 2 rings (SSSR count). The third kappa shape index (κ3) is 3.24. The second-order valence-electron chi connectivity index (χ2n) is 4.70. The average molecular weight is 273 g/mol. The lowest BCUT2D eigenvalue weighted by Crippen LogP contribution is -2.30. The maximum Gasteiger partial charge on any atom is 0.325 e. The molecule has 2 aromatic rings. The first-order valence-electron chi connectivity index (χ1n) is 6.68. The Morgan fingerprint density at radius 2 is 2.05 bits per heavy atom. The second kappa shape index (κ2) is 6.34. The summed E-state index contributed by atoms with van der Waals surface area (Å²) in [6, 6.07) is 8.37. The van der Waals surface area contributed by atoms with Gasteiger partial charge in [0.25, 0.3) is 0 Å². The van der Waals surface area contributed by atoms with Crippen LogP contribution >= 0.6 is 0 Å². The van der Waals surface area contributed by atoms with E-state index in [0.29, 0.717) is 0 Å². The quantitative estimate of drug-likeness (QED) is 0.848. The molecule has 0 aliphatic heterocycles. The molecule has 0 aliphatic rings. The summed E-state index contributed by atoms with van der Waals surface area (Å²) < 4.78 is 1.83. The van der Waals surface area contributed by atoms with Crippen LogP contribution in [0.4, 0.5) is 0 Å². The molecule has 106 valence electrons. The Morgan fingerprint density at radius 3 is 2.60 bits per heavy atom. The van der Waals surface area contributed by atoms with Crippen LogP contribution in [0.2, 0.25) is 0 Å². The van der Waals surface area contributed by atoms with Crippen LogP contribution in [0.25, 0.3) is 0 Å². The van der Waals surface area contributed by atoms with Crippen LogP contribution in [0.3, 0.4) is 0 Å². The first kappa shape index (κ1) is 14.3. The fourth-order valence-corrected chi connectivity index (χ4v) is 2.08. The van der Waals surface area contributed by atoms with E-state index in [1.165, 1.54) is 0 Å². The number of hydrogen-bond donors (Lipinski definition) is 2. The first-order valence-corrected chi connectivity index (χ1v) is 6.68. The van der Waals surface area contributed by atoms with Gasteiger partial charge in [0.1, 0.15) is 6.04 Å². The average Bonchev–Trinajstić information content (AvgIpc) is 2.94. The number of aryl methyl sites for hydroxylation is 1. The summed E-state index contributed by atoms with van der Waals surface area (Å²) in [5.41, 5.74) is 1.73. The fourth-order valence-electron chi connectivity index (χ4n) is 2.08. The Balaban J connectivity index is 2.14. The molecule has 1 heterocycles. The van der Waals surface area contributed by atoms with Crippen molar-refractivity contribution in [3.8, 4) is 0 Å². The lowest BCUT2D eigenvalue weighted by atomic mass is 10.0. The van der Waals surface area contributed by atoms with Gasteiger partial charge in [-0.15, -0.1) is 0 Å². The highest BCUT2D eigenvalue weighted by atomic mass is 16.4. The van der Waals surface area contributed by atoms with Crippen LogP contribution in [0, 0.1) is 0 Å². The standard InChI is InChI=1S/C15H19N3O2/c1-3-18-10-13(9-16-18)11(2)17-14(15(19)20)12-7-5-4-6-8-12/h4-11,14,17H,3H2,1-2H3,(H,19,20). The van der Waals surface area contributed by atoms with Gasteiger partial charge in [0, 0.05) is 24.3 Å². The number of aromatic nitrogens is 2. The molecule has 1 aromatic heterocycles. The molecular weight excluding hydrogens is 254 g/mol. The van der Waals surface area contributed by atoms with Crippen LogP contribution in [0.5, 0.6) is 0 Å². The van der Waals surface area contributed by atoms with E-state index in [1.807, 2.05) is 55.1 Å². The number of hydrogen-bond acceptors (Lipinski definition) is 3. The van der Waals surface area contributed by atoms with E-state index in [1.54, 1.807) is 6.20 Å².